The summed E-state index contributed by atoms with van der Waals surface area (Å²) >= 11 is 5.27. The number of aromatic nitrogens is 1. The number of hydrogen-bond acceptors (Lipinski definition) is 2. The second kappa shape index (κ2) is 9.57. The van der Waals surface area contributed by atoms with E-state index in [1.54, 1.807) is 11.3 Å². The Bertz CT molecular complexity index is 608. The maximum absolute atomic E-state index is 4.35. The van der Waals surface area contributed by atoms with Gasteiger partial charge in [-0.1, -0.05) is 0 Å². The molecule has 0 bridgehead atoms. The maximum atomic E-state index is 4.35. The molecule has 0 aromatic carbocycles. The standard InChI is InChI=1S/C15H21BrN4S.HI/c1-17-15(18-9-8-13-6-7-14(16)21-13)20(3)11-12-5-4-10-19(12)2;/h4-7,10H,8-9,11H2,1-3H3,(H,17,18);1H. The number of rotatable bonds is 5. The lowest BCUT2D eigenvalue weighted by Crippen LogP contribution is -2.39. The van der Waals surface area contributed by atoms with Gasteiger partial charge in [0, 0.05) is 44.5 Å². The molecule has 0 aliphatic rings. The highest BCUT2D eigenvalue weighted by molar-refractivity contribution is 14.0. The molecule has 0 atom stereocenters. The lowest BCUT2D eigenvalue weighted by molar-refractivity contribution is 0.462. The van der Waals surface area contributed by atoms with Crippen molar-refractivity contribution in [3.8, 4) is 0 Å². The first-order valence-electron chi connectivity index (χ1n) is 6.86. The van der Waals surface area contributed by atoms with Gasteiger partial charge in [-0.15, -0.1) is 35.3 Å². The van der Waals surface area contributed by atoms with Crippen molar-refractivity contribution in [2.75, 3.05) is 20.6 Å². The molecule has 0 unspecified atom stereocenters. The molecule has 0 aliphatic carbocycles. The molecule has 1 N–H and O–H groups in total. The van der Waals surface area contributed by atoms with E-state index in [0.717, 1.165) is 25.5 Å². The molecule has 0 radical (unpaired) electrons. The van der Waals surface area contributed by atoms with Crippen LogP contribution in [0.2, 0.25) is 0 Å². The van der Waals surface area contributed by atoms with Crippen molar-refractivity contribution >= 4 is 57.2 Å². The van der Waals surface area contributed by atoms with Crippen LogP contribution >= 0.6 is 51.2 Å². The van der Waals surface area contributed by atoms with E-state index < -0.39 is 0 Å². The Morgan fingerprint density at radius 1 is 1.41 bits per heavy atom. The fourth-order valence-corrected chi connectivity index (χ4v) is 3.63. The van der Waals surface area contributed by atoms with Gasteiger partial charge in [-0.2, -0.15) is 0 Å². The molecule has 0 amide bonds. The van der Waals surface area contributed by atoms with E-state index in [1.807, 2.05) is 7.05 Å². The van der Waals surface area contributed by atoms with E-state index in [4.69, 9.17) is 0 Å². The van der Waals surface area contributed by atoms with Gasteiger partial charge in [0.25, 0.3) is 0 Å². The van der Waals surface area contributed by atoms with Crippen molar-refractivity contribution in [2.45, 2.75) is 13.0 Å². The van der Waals surface area contributed by atoms with E-state index in [2.05, 4.69) is 80.3 Å². The lowest BCUT2D eigenvalue weighted by atomic mass is 10.3. The molecule has 0 saturated carbocycles. The van der Waals surface area contributed by atoms with Crippen LogP contribution in [-0.2, 0) is 20.0 Å². The Morgan fingerprint density at radius 2 is 2.18 bits per heavy atom. The second-order valence-electron chi connectivity index (χ2n) is 4.90. The highest BCUT2D eigenvalue weighted by Gasteiger charge is 2.08. The predicted molar refractivity (Wildman–Crippen MR) is 109 cm³/mol. The second-order valence-corrected chi connectivity index (χ2v) is 7.44. The molecule has 22 heavy (non-hydrogen) atoms. The SMILES string of the molecule is CN=C(NCCc1ccc(Br)s1)N(C)Cc1cccn1C.I. The molecule has 122 valence electrons. The number of halogens is 2. The van der Waals surface area contributed by atoms with E-state index in [0.29, 0.717) is 0 Å². The van der Waals surface area contributed by atoms with Crippen molar-refractivity contribution in [3.05, 3.63) is 44.8 Å². The Morgan fingerprint density at radius 3 is 2.73 bits per heavy atom. The van der Waals surface area contributed by atoms with Crippen LogP contribution in [0.15, 0.2) is 39.2 Å². The van der Waals surface area contributed by atoms with Gasteiger partial charge < -0.3 is 14.8 Å². The normalized spacial score (nSPS) is 11.2. The van der Waals surface area contributed by atoms with Gasteiger partial charge in [-0.05, 0) is 46.6 Å². The van der Waals surface area contributed by atoms with E-state index in [-0.39, 0.29) is 24.0 Å². The Hall–Kier alpha value is -0.540. The summed E-state index contributed by atoms with van der Waals surface area (Å²) in [5, 5.41) is 3.42. The van der Waals surface area contributed by atoms with Gasteiger partial charge in [-0.3, -0.25) is 4.99 Å². The van der Waals surface area contributed by atoms with Crippen LogP contribution < -0.4 is 5.32 Å². The molecule has 0 spiro atoms. The van der Waals surface area contributed by atoms with Crippen LogP contribution in [-0.4, -0.2) is 36.1 Å². The van der Waals surface area contributed by atoms with Gasteiger partial charge in [0.05, 0.1) is 10.3 Å². The molecule has 2 aromatic heterocycles. The Balaban J connectivity index is 0.00000242. The minimum Gasteiger partial charge on any atom is -0.356 e. The summed E-state index contributed by atoms with van der Waals surface area (Å²) < 4.78 is 3.31. The van der Waals surface area contributed by atoms with Crippen molar-refractivity contribution in [1.29, 1.82) is 0 Å². The first-order valence-corrected chi connectivity index (χ1v) is 8.47. The highest BCUT2D eigenvalue weighted by atomic mass is 127. The summed E-state index contributed by atoms with van der Waals surface area (Å²) in [7, 11) is 5.95. The molecule has 0 saturated heterocycles. The third-order valence-electron chi connectivity index (χ3n) is 3.31. The summed E-state index contributed by atoms with van der Waals surface area (Å²) in [6.45, 7) is 1.73. The molecular formula is C15H22BrIN4S. The van der Waals surface area contributed by atoms with Crippen molar-refractivity contribution in [3.63, 3.8) is 0 Å². The third-order valence-corrected chi connectivity index (χ3v) is 4.99. The zero-order valence-electron chi connectivity index (χ0n) is 13.0. The Kier molecular flexibility index (Phi) is 8.48. The summed E-state index contributed by atoms with van der Waals surface area (Å²) in [5.74, 6) is 0.923. The number of hydrogen-bond donors (Lipinski definition) is 1. The fourth-order valence-electron chi connectivity index (χ4n) is 2.15. The monoisotopic (exact) mass is 496 g/mol. The van der Waals surface area contributed by atoms with Gasteiger partial charge >= 0.3 is 0 Å². The van der Waals surface area contributed by atoms with Crippen LogP contribution in [0.1, 0.15) is 10.6 Å². The highest BCUT2D eigenvalue weighted by Crippen LogP contribution is 2.22. The Labute approximate surface area is 161 Å². The number of guanidine groups is 1. The number of nitrogens with one attached hydrogen (secondary N) is 1. The number of aliphatic imine (C=N–C) groups is 1. The van der Waals surface area contributed by atoms with Crippen LogP contribution in [0.4, 0.5) is 0 Å². The molecular weight excluding hydrogens is 475 g/mol. The summed E-state index contributed by atoms with van der Waals surface area (Å²) in [6.07, 6.45) is 3.07. The molecule has 0 fully saturated rings. The average Bonchev–Trinajstić information content (AvgIpc) is 3.04. The van der Waals surface area contributed by atoms with Crippen LogP contribution in [0.5, 0.6) is 0 Å². The van der Waals surface area contributed by atoms with E-state index in [9.17, 15) is 0 Å². The molecule has 2 aromatic rings. The van der Waals surface area contributed by atoms with Crippen LogP contribution in [0, 0.1) is 0 Å². The topological polar surface area (TPSA) is 32.6 Å². The summed E-state index contributed by atoms with van der Waals surface area (Å²) in [6, 6.07) is 8.45. The first-order chi connectivity index (χ1) is 10.1. The molecule has 7 heteroatoms. The first kappa shape index (κ1) is 19.5. The third kappa shape index (κ3) is 5.58. The smallest absolute Gasteiger partial charge is 0.193 e. The quantitative estimate of drug-likeness (QED) is 0.388. The van der Waals surface area contributed by atoms with Gasteiger partial charge in [0.15, 0.2) is 5.96 Å². The van der Waals surface area contributed by atoms with E-state index >= 15 is 0 Å². The molecule has 2 heterocycles. The lowest BCUT2D eigenvalue weighted by Gasteiger charge is -2.22. The number of aryl methyl sites for hydroxylation is 1. The average molecular weight is 497 g/mol. The van der Waals surface area contributed by atoms with Crippen LogP contribution in [0.25, 0.3) is 0 Å². The fraction of sp³-hybridized carbons (Fsp3) is 0.400. The van der Waals surface area contributed by atoms with Crippen LogP contribution in [0.3, 0.4) is 0 Å². The van der Waals surface area contributed by atoms with Gasteiger partial charge in [0.1, 0.15) is 0 Å². The largest absolute Gasteiger partial charge is 0.356 e. The minimum atomic E-state index is 0. The summed E-state index contributed by atoms with van der Waals surface area (Å²) in [4.78, 5) is 7.86. The van der Waals surface area contributed by atoms with Crippen molar-refractivity contribution in [2.24, 2.45) is 12.0 Å². The van der Waals surface area contributed by atoms with Gasteiger partial charge in [0.2, 0.25) is 0 Å². The molecule has 0 aliphatic heterocycles. The number of nitrogens with zero attached hydrogens (tertiary/aromatic N) is 3. The van der Waals surface area contributed by atoms with Crippen molar-refractivity contribution < 1.29 is 0 Å². The molecule has 2 rings (SSSR count). The van der Waals surface area contributed by atoms with E-state index in [1.165, 1.54) is 14.4 Å². The number of thiophene rings is 1. The zero-order valence-corrected chi connectivity index (χ0v) is 17.8. The summed E-state index contributed by atoms with van der Waals surface area (Å²) in [5.41, 5.74) is 1.27. The predicted octanol–water partition coefficient (Wildman–Crippen LogP) is 3.72. The van der Waals surface area contributed by atoms with Gasteiger partial charge in [-0.25, -0.2) is 0 Å². The molecule has 4 nitrogen and oxygen atoms in total. The maximum Gasteiger partial charge on any atom is 0.193 e. The zero-order chi connectivity index (χ0) is 15.2. The van der Waals surface area contributed by atoms with Crippen molar-refractivity contribution in [1.82, 2.24) is 14.8 Å². The minimum absolute atomic E-state index is 0.